The van der Waals surface area contributed by atoms with Crippen molar-refractivity contribution in [3.05, 3.63) is 16.1 Å². The highest BCUT2D eigenvalue weighted by atomic mass is 32.1. The van der Waals surface area contributed by atoms with Gasteiger partial charge in [0, 0.05) is 5.38 Å². The molecule has 3 N–H and O–H groups in total. The van der Waals surface area contributed by atoms with Gasteiger partial charge in [-0.2, -0.15) is 0 Å². The maximum atomic E-state index is 12.3. The number of rotatable bonds is 9. The van der Waals surface area contributed by atoms with Crippen LogP contribution in [0.3, 0.4) is 0 Å². The van der Waals surface area contributed by atoms with Gasteiger partial charge in [-0.15, -0.1) is 11.3 Å². The Bertz CT molecular complexity index is 543. The maximum Gasteiger partial charge on any atom is 0.357 e. The molecule has 0 bridgehead atoms. The molecule has 1 amide bonds. The summed E-state index contributed by atoms with van der Waals surface area (Å²) in [5.41, 5.74) is 6.25. The second kappa shape index (κ2) is 9.74. The predicted molar refractivity (Wildman–Crippen MR) is 95.8 cm³/mol. The molecule has 1 rings (SSSR count). The largest absolute Gasteiger partial charge is 0.461 e. The average molecular weight is 356 g/mol. The summed E-state index contributed by atoms with van der Waals surface area (Å²) in [5.74, 6) is 0.101. The van der Waals surface area contributed by atoms with Gasteiger partial charge in [-0.25, -0.2) is 9.78 Å². The minimum atomic E-state index is -0.538. The van der Waals surface area contributed by atoms with Crippen molar-refractivity contribution in [2.75, 3.05) is 6.61 Å². The van der Waals surface area contributed by atoms with Gasteiger partial charge in [0.2, 0.25) is 5.91 Å². The van der Waals surface area contributed by atoms with Gasteiger partial charge in [0.15, 0.2) is 5.69 Å². The zero-order valence-corrected chi connectivity index (χ0v) is 16.0. The highest BCUT2D eigenvalue weighted by Crippen LogP contribution is 2.25. The van der Waals surface area contributed by atoms with Gasteiger partial charge in [-0.1, -0.05) is 27.7 Å². The second-order valence-corrected chi connectivity index (χ2v) is 7.61. The molecule has 0 saturated carbocycles. The molecule has 0 saturated heterocycles. The lowest BCUT2D eigenvalue weighted by atomic mass is 10.0. The summed E-state index contributed by atoms with van der Waals surface area (Å²) in [4.78, 5) is 28.4. The summed E-state index contributed by atoms with van der Waals surface area (Å²) in [5, 5.41) is 5.36. The van der Waals surface area contributed by atoms with E-state index in [1.54, 1.807) is 12.3 Å². The van der Waals surface area contributed by atoms with E-state index in [0.717, 1.165) is 6.42 Å². The van der Waals surface area contributed by atoms with Crippen molar-refractivity contribution in [3.8, 4) is 0 Å². The van der Waals surface area contributed by atoms with E-state index in [9.17, 15) is 9.59 Å². The molecule has 2 unspecified atom stereocenters. The summed E-state index contributed by atoms with van der Waals surface area (Å²) in [7, 11) is 0. The fourth-order valence-electron chi connectivity index (χ4n) is 2.33. The molecule has 6 nitrogen and oxygen atoms in total. The lowest BCUT2D eigenvalue weighted by Crippen LogP contribution is -2.43. The molecule has 7 heteroatoms. The Morgan fingerprint density at radius 3 is 2.42 bits per heavy atom. The molecule has 0 fully saturated rings. The monoisotopic (exact) mass is 355 g/mol. The molecule has 1 aromatic heterocycles. The lowest BCUT2D eigenvalue weighted by Gasteiger charge is -2.21. The highest BCUT2D eigenvalue weighted by molar-refractivity contribution is 7.09. The number of aromatic nitrogens is 1. The van der Waals surface area contributed by atoms with Crippen LogP contribution in [0.1, 0.15) is 69.0 Å². The molecule has 0 aliphatic heterocycles. The SMILES string of the molecule is CCOC(=O)c1csc(C(CC(C)C)NC(=O)C(N)CC(C)C)n1. The Morgan fingerprint density at radius 1 is 1.25 bits per heavy atom. The predicted octanol–water partition coefficient (Wildman–Crippen LogP) is 2.90. The number of amides is 1. The zero-order chi connectivity index (χ0) is 18.3. The Morgan fingerprint density at radius 2 is 1.88 bits per heavy atom. The van der Waals surface area contributed by atoms with Crippen LogP contribution >= 0.6 is 11.3 Å². The standard InChI is InChI=1S/C17H29N3O3S/c1-6-23-17(22)14-9-24-16(20-14)13(8-11(4)5)19-15(21)12(18)7-10(2)3/h9-13H,6-8,18H2,1-5H3,(H,19,21). The van der Waals surface area contributed by atoms with Crippen molar-refractivity contribution in [1.82, 2.24) is 10.3 Å². The maximum absolute atomic E-state index is 12.3. The van der Waals surface area contributed by atoms with E-state index in [-0.39, 0.29) is 17.6 Å². The molecule has 136 valence electrons. The number of nitrogens with two attached hydrogens (primary N) is 1. The molecular formula is C17H29N3O3S. The molecule has 0 aliphatic carbocycles. The van der Waals surface area contributed by atoms with E-state index >= 15 is 0 Å². The van der Waals surface area contributed by atoms with Crippen molar-refractivity contribution in [1.29, 1.82) is 0 Å². The van der Waals surface area contributed by atoms with E-state index in [2.05, 4.69) is 24.1 Å². The molecule has 24 heavy (non-hydrogen) atoms. The molecule has 1 aromatic rings. The first-order chi connectivity index (χ1) is 11.2. The van der Waals surface area contributed by atoms with Gasteiger partial charge in [0.25, 0.3) is 0 Å². The first-order valence-electron chi connectivity index (χ1n) is 8.43. The topological polar surface area (TPSA) is 94.3 Å². The summed E-state index contributed by atoms with van der Waals surface area (Å²) in [6.45, 7) is 10.3. The number of carbonyl (C=O) groups excluding carboxylic acids is 2. The Kier molecular flexibility index (Phi) is 8.35. The van der Waals surface area contributed by atoms with Gasteiger partial charge in [-0.05, 0) is 31.6 Å². The number of carbonyl (C=O) groups is 2. The molecule has 1 heterocycles. The molecule has 2 atom stereocenters. The third-order valence-corrected chi connectivity index (χ3v) is 4.35. The van der Waals surface area contributed by atoms with Crippen molar-refractivity contribution in [2.45, 2.75) is 59.5 Å². The number of thiazole rings is 1. The number of hydrogen-bond acceptors (Lipinski definition) is 6. The van der Waals surface area contributed by atoms with E-state index in [1.165, 1.54) is 11.3 Å². The van der Waals surface area contributed by atoms with Crippen LogP contribution in [0.15, 0.2) is 5.38 Å². The third-order valence-electron chi connectivity index (χ3n) is 3.39. The van der Waals surface area contributed by atoms with E-state index in [4.69, 9.17) is 10.5 Å². The summed E-state index contributed by atoms with van der Waals surface area (Å²) >= 11 is 1.35. The first-order valence-corrected chi connectivity index (χ1v) is 9.31. The van der Waals surface area contributed by atoms with Crippen LogP contribution in [-0.2, 0) is 9.53 Å². The number of nitrogens with zero attached hydrogens (tertiary/aromatic N) is 1. The van der Waals surface area contributed by atoms with Crippen molar-refractivity contribution < 1.29 is 14.3 Å². The number of nitrogens with one attached hydrogen (secondary N) is 1. The van der Waals surface area contributed by atoms with Crippen molar-refractivity contribution in [2.24, 2.45) is 17.6 Å². The average Bonchev–Trinajstić information content (AvgIpc) is 2.95. The Hall–Kier alpha value is -1.47. The van der Waals surface area contributed by atoms with Crippen LogP contribution < -0.4 is 11.1 Å². The van der Waals surface area contributed by atoms with Gasteiger partial charge < -0.3 is 15.8 Å². The zero-order valence-electron chi connectivity index (χ0n) is 15.2. The first kappa shape index (κ1) is 20.6. The van der Waals surface area contributed by atoms with Crippen LogP contribution in [0.25, 0.3) is 0 Å². The molecular weight excluding hydrogens is 326 g/mol. The van der Waals surface area contributed by atoms with Crippen LogP contribution in [0.5, 0.6) is 0 Å². The van der Waals surface area contributed by atoms with Crippen LogP contribution in [0, 0.1) is 11.8 Å². The minimum Gasteiger partial charge on any atom is -0.461 e. The lowest BCUT2D eigenvalue weighted by molar-refractivity contribution is -0.123. The van der Waals surface area contributed by atoms with Gasteiger partial charge in [0.05, 0.1) is 18.7 Å². The Balaban J connectivity index is 2.85. The molecule has 0 aliphatic rings. The quantitative estimate of drug-likeness (QED) is 0.664. The fourth-order valence-corrected chi connectivity index (χ4v) is 3.18. The summed E-state index contributed by atoms with van der Waals surface area (Å²) in [6.07, 6.45) is 1.36. The fraction of sp³-hybridized carbons (Fsp3) is 0.706. The minimum absolute atomic E-state index is 0.178. The highest BCUT2D eigenvalue weighted by Gasteiger charge is 2.24. The molecule has 0 aromatic carbocycles. The smallest absolute Gasteiger partial charge is 0.357 e. The third kappa shape index (κ3) is 6.57. The second-order valence-electron chi connectivity index (χ2n) is 6.72. The number of esters is 1. The van der Waals surface area contributed by atoms with E-state index in [1.807, 2.05) is 13.8 Å². The van der Waals surface area contributed by atoms with E-state index in [0.29, 0.717) is 29.9 Å². The van der Waals surface area contributed by atoms with Crippen LogP contribution in [-0.4, -0.2) is 29.5 Å². The summed E-state index contributed by atoms with van der Waals surface area (Å²) in [6, 6.07) is -0.784. The van der Waals surface area contributed by atoms with E-state index < -0.39 is 12.0 Å². The number of ether oxygens (including phenoxy) is 1. The van der Waals surface area contributed by atoms with Crippen molar-refractivity contribution >= 4 is 23.2 Å². The summed E-state index contributed by atoms with van der Waals surface area (Å²) < 4.78 is 4.96. The van der Waals surface area contributed by atoms with Gasteiger partial charge >= 0.3 is 5.97 Å². The molecule has 0 spiro atoms. The number of hydrogen-bond donors (Lipinski definition) is 2. The van der Waals surface area contributed by atoms with Crippen molar-refractivity contribution in [3.63, 3.8) is 0 Å². The molecule has 0 radical (unpaired) electrons. The normalized spacial score (nSPS) is 13.8. The van der Waals surface area contributed by atoms with Crippen LogP contribution in [0.2, 0.25) is 0 Å². The van der Waals surface area contributed by atoms with Gasteiger partial charge in [-0.3, -0.25) is 4.79 Å². The van der Waals surface area contributed by atoms with Crippen LogP contribution in [0.4, 0.5) is 0 Å². The Labute approximate surface area is 148 Å². The van der Waals surface area contributed by atoms with Gasteiger partial charge in [0.1, 0.15) is 5.01 Å².